The first-order chi connectivity index (χ1) is 8.08. The van der Waals surface area contributed by atoms with Gasteiger partial charge >= 0.3 is 0 Å². The highest BCUT2D eigenvalue weighted by molar-refractivity contribution is 9.10. The molecule has 0 aliphatic heterocycles. The molecule has 94 valence electrons. The molecule has 0 radical (unpaired) electrons. The van der Waals surface area contributed by atoms with E-state index in [4.69, 9.17) is 0 Å². The van der Waals surface area contributed by atoms with Crippen LogP contribution in [-0.2, 0) is 7.05 Å². The van der Waals surface area contributed by atoms with Gasteiger partial charge in [-0.3, -0.25) is 4.79 Å². The summed E-state index contributed by atoms with van der Waals surface area (Å²) < 4.78 is 2.80. The maximum atomic E-state index is 12.1. The van der Waals surface area contributed by atoms with Crippen molar-refractivity contribution in [1.29, 1.82) is 0 Å². The third-order valence-electron chi connectivity index (χ3n) is 3.63. The third-order valence-corrected chi connectivity index (χ3v) is 4.07. The maximum absolute atomic E-state index is 12.1. The van der Waals surface area contributed by atoms with Gasteiger partial charge in [0.15, 0.2) is 0 Å². The lowest BCUT2D eigenvalue weighted by Crippen LogP contribution is -2.41. The van der Waals surface area contributed by atoms with E-state index in [1.807, 2.05) is 23.9 Å². The lowest BCUT2D eigenvalue weighted by atomic mass is 9.86. The fourth-order valence-corrected chi connectivity index (χ4v) is 3.05. The lowest BCUT2D eigenvalue weighted by molar-refractivity contribution is 0.0902. The number of halogens is 1. The van der Waals surface area contributed by atoms with Gasteiger partial charge in [-0.05, 0) is 40.8 Å². The van der Waals surface area contributed by atoms with Crippen molar-refractivity contribution in [1.82, 2.24) is 9.88 Å². The van der Waals surface area contributed by atoms with E-state index in [1.54, 1.807) is 0 Å². The van der Waals surface area contributed by atoms with Crippen LogP contribution in [0, 0.1) is 5.92 Å². The average Bonchev–Trinajstić information content (AvgIpc) is 2.61. The summed E-state index contributed by atoms with van der Waals surface area (Å²) in [5.41, 5.74) is 0.717. The Labute approximate surface area is 111 Å². The Bertz CT molecular complexity index is 414. The Morgan fingerprint density at radius 1 is 1.47 bits per heavy atom. The minimum Gasteiger partial charge on any atom is -0.348 e. The minimum absolute atomic E-state index is 0.0388. The van der Waals surface area contributed by atoms with Crippen LogP contribution in [-0.4, -0.2) is 16.5 Å². The van der Waals surface area contributed by atoms with Crippen molar-refractivity contribution in [2.24, 2.45) is 13.0 Å². The summed E-state index contributed by atoms with van der Waals surface area (Å²) in [5.74, 6) is 0.633. The molecule has 4 heteroatoms. The molecule has 1 aliphatic carbocycles. The van der Waals surface area contributed by atoms with E-state index >= 15 is 0 Å². The molecule has 0 saturated heterocycles. The highest BCUT2D eigenvalue weighted by Gasteiger charge is 2.24. The fourth-order valence-electron chi connectivity index (χ4n) is 2.52. The molecule has 3 nitrogen and oxygen atoms in total. The maximum Gasteiger partial charge on any atom is 0.268 e. The first kappa shape index (κ1) is 12.7. The molecule has 2 rings (SSSR count). The van der Waals surface area contributed by atoms with Crippen LogP contribution in [0.4, 0.5) is 0 Å². The van der Waals surface area contributed by atoms with E-state index in [-0.39, 0.29) is 5.91 Å². The number of hydrogen-bond acceptors (Lipinski definition) is 1. The van der Waals surface area contributed by atoms with E-state index in [0.717, 1.165) is 16.6 Å². The molecular formula is C13H19BrN2O. The molecule has 2 atom stereocenters. The van der Waals surface area contributed by atoms with Crippen LogP contribution in [0.1, 0.15) is 43.1 Å². The van der Waals surface area contributed by atoms with E-state index < -0.39 is 0 Å². The normalized spacial score (nSPS) is 24.6. The van der Waals surface area contributed by atoms with Crippen molar-refractivity contribution in [3.05, 3.63) is 22.4 Å². The van der Waals surface area contributed by atoms with Gasteiger partial charge in [-0.1, -0.05) is 19.8 Å². The second kappa shape index (κ2) is 5.25. The number of hydrogen-bond donors (Lipinski definition) is 1. The highest BCUT2D eigenvalue weighted by Crippen LogP contribution is 2.24. The molecule has 2 unspecified atom stereocenters. The summed E-state index contributed by atoms with van der Waals surface area (Å²) in [6, 6.07) is 2.20. The zero-order valence-corrected chi connectivity index (χ0v) is 12.0. The summed E-state index contributed by atoms with van der Waals surface area (Å²) in [6.45, 7) is 2.23. The molecule has 17 heavy (non-hydrogen) atoms. The number of aromatic nitrogens is 1. The topological polar surface area (TPSA) is 34.0 Å². The molecule has 1 fully saturated rings. The third kappa shape index (κ3) is 2.92. The van der Waals surface area contributed by atoms with Crippen molar-refractivity contribution in [3.63, 3.8) is 0 Å². The largest absolute Gasteiger partial charge is 0.348 e. The Kier molecular flexibility index (Phi) is 3.92. The molecule has 1 saturated carbocycles. The standard InChI is InChI=1S/C13H19BrN2O/c1-9-5-3-4-6-11(9)15-13(17)12-7-10(14)8-16(12)2/h7-9,11H,3-6H2,1-2H3,(H,15,17). The van der Waals surface area contributed by atoms with E-state index in [0.29, 0.717) is 12.0 Å². The second-order valence-corrected chi connectivity index (χ2v) is 5.91. The Morgan fingerprint density at radius 3 is 2.76 bits per heavy atom. The van der Waals surface area contributed by atoms with Crippen molar-refractivity contribution < 1.29 is 4.79 Å². The minimum atomic E-state index is 0.0388. The smallest absolute Gasteiger partial charge is 0.268 e. The summed E-state index contributed by atoms with van der Waals surface area (Å²) in [7, 11) is 1.89. The van der Waals surface area contributed by atoms with Crippen LogP contribution in [0.25, 0.3) is 0 Å². The Morgan fingerprint density at radius 2 is 2.18 bits per heavy atom. The Balaban J connectivity index is 2.03. The van der Waals surface area contributed by atoms with Gasteiger partial charge in [0.05, 0.1) is 0 Å². The summed E-state index contributed by atoms with van der Waals surface area (Å²) in [4.78, 5) is 12.1. The van der Waals surface area contributed by atoms with Gasteiger partial charge in [-0.2, -0.15) is 0 Å². The number of carbonyl (C=O) groups is 1. The van der Waals surface area contributed by atoms with Gasteiger partial charge in [0, 0.05) is 23.8 Å². The van der Waals surface area contributed by atoms with Crippen LogP contribution in [0.2, 0.25) is 0 Å². The van der Waals surface area contributed by atoms with Crippen molar-refractivity contribution in [3.8, 4) is 0 Å². The van der Waals surface area contributed by atoms with Gasteiger partial charge in [-0.25, -0.2) is 0 Å². The molecular weight excluding hydrogens is 280 g/mol. The van der Waals surface area contributed by atoms with Crippen LogP contribution < -0.4 is 5.32 Å². The van der Waals surface area contributed by atoms with Crippen molar-refractivity contribution in [2.45, 2.75) is 38.6 Å². The quantitative estimate of drug-likeness (QED) is 0.894. The summed E-state index contributed by atoms with van der Waals surface area (Å²) >= 11 is 3.39. The van der Waals surface area contributed by atoms with Crippen LogP contribution in [0.3, 0.4) is 0 Å². The predicted octanol–water partition coefficient (Wildman–Crippen LogP) is 3.10. The van der Waals surface area contributed by atoms with Crippen LogP contribution >= 0.6 is 15.9 Å². The van der Waals surface area contributed by atoms with Crippen LogP contribution in [0.15, 0.2) is 16.7 Å². The molecule has 0 spiro atoms. The first-order valence-electron chi connectivity index (χ1n) is 6.20. The monoisotopic (exact) mass is 298 g/mol. The number of rotatable bonds is 2. The zero-order chi connectivity index (χ0) is 12.4. The summed E-state index contributed by atoms with van der Waals surface area (Å²) in [6.07, 6.45) is 6.76. The lowest BCUT2D eigenvalue weighted by Gasteiger charge is -2.29. The summed E-state index contributed by atoms with van der Waals surface area (Å²) in [5, 5.41) is 3.16. The molecule has 1 aromatic heterocycles. The van der Waals surface area contributed by atoms with Gasteiger partial charge in [0.25, 0.3) is 5.91 Å². The molecule has 1 heterocycles. The van der Waals surface area contributed by atoms with E-state index in [1.165, 1.54) is 19.3 Å². The van der Waals surface area contributed by atoms with Gasteiger partial charge in [0.2, 0.25) is 0 Å². The van der Waals surface area contributed by atoms with Crippen LogP contribution in [0.5, 0.6) is 0 Å². The zero-order valence-electron chi connectivity index (χ0n) is 10.4. The fraction of sp³-hybridized carbons (Fsp3) is 0.615. The van der Waals surface area contributed by atoms with E-state index in [9.17, 15) is 4.79 Å². The molecule has 0 bridgehead atoms. The van der Waals surface area contributed by atoms with Crippen molar-refractivity contribution in [2.75, 3.05) is 0 Å². The number of amides is 1. The van der Waals surface area contributed by atoms with Gasteiger partial charge < -0.3 is 9.88 Å². The molecule has 0 aromatic carbocycles. The number of nitrogens with zero attached hydrogens (tertiary/aromatic N) is 1. The number of carbonyl (C=O) groups excluding carboxylic acids is 1. The predicted molar refractivity (Wildman–Crippen MR) is 72.0 cm³/mol. The second-order valence-electron chi connectivity index (χ2n) is 5.00. The average molecular weight is 299 g/mol. The SMILES string of the molecule is CC1CCCCC1NC(=O)c1cc(Br)cn1C. The van der Waals surface area contributed by atoms with Gasteiger partial charge in [0.1, 0.15) is 5.69 Å². The number of nitrogens with one attached hydrogen (secondary N) is 1. The molecule has 1 aliphatic rings. The Hall–Kier alpha value is -0.770. The molecule has 1 N–H and O–H groups in total. The molecule has 1 amide bonds. The first-order valence-corrected chi connectivity index (χ1v) is 7.00. The molecule has 1 aromatic rings. The number of aryl methyl sites for hydroxylation is 1. The van der Waals surface area contributed by atoms with Gasteiger partial charge in [-0.15, -0.1) is 0 Å². The van der Waals surface area contributed by atoms with Crippen molar-refractivity contribution >= 4 is 21.8 Å². The van der Waals surface area contributed by atoms with E-state index in [2.05, 4.69) is 28.2 Å². The highest BCUT2D eigenvalue weighted by atomic mass is 79.9.